The average Bonchev–Trinajstić information content (AvgIpc) is 2.90. The molecule has 0 amide bonds. The molecule has 0 atom stereocenters. The van der Waals surface area contributed by atoms with Crippen molar-refractivity contribution in [2.45, 2.75) is 12.8 Å². The molecule has 1 aliphatic carbocycles. The summed E-state index contributed by atoms with van der Waals surface area (Å²) in [6.45, 7) is 0. The minimum absolute atomic E-state index is 0.0506. The third kappa shape index (κ3) is 3.30. The summed E-state index contributed by atoms with van der Waals surface area (Å²) in [5.74, 6) is -1.75. The quantitative estimate of drug-likeness (QED) is 0.414. The predicted molar refractivity (Wildman–Crippen MR) is 114 cm³/mol. The third-order valence-electron chi connectivity index (χ3n) is 5.50. The maximum absolute atomic E-state index is 13.5. The summed E-state index contributed by atoms with van der Waals surface area (Å²) >= 11 is 0. The Balaban J connectivity index is 1.48. The number of rotatable bonds is 2. The maximum atomic E-state index is 13.5. The van der Waals surface area contributed by atoms with Gasteiger partial charge in [0.25, 0.3) is 0 Å². The lowest BCUT2D eigenvalue weighted by Gasteiger charge is -2.06. The predicted octanol–water partition coefficient (Wildman–Crippen LogP) is 6.01. The Morgan fingerprint density at radius 1 is 0.767 bits per heavy atom. The van der Waals surface area contributed by atoms with Crippen LogP contribution >= 0.6 is 0 Å². The average molecular weight is 397 g/mol. The highest BCUT2D eigenvalue weighted by Gasteiger charge is 2.20. The van der Waals surface area contributed by atoms with Crippen molar-refractivity contribution in [1.82, 2.24) is 4.98 Å². The Kier molecular flexibility index (Phi) is 4.47. The first-order valence-corrected chi connectivity index (χ1v) is 9.78. The Morgan fingerprint density at radius 3 is 2.40 bits per heavy atom. The number of benzene rings is 3. The van der Waals surface area contributed by atoms with E-state index in [1.54, 1.807) is 18.2 Å². The van der Waals surface area contributed by atoms with Gasteiger partial charge in [-0.1, -0.05) is 48.5 Å². The fourth-order valence-electron chi connectivity index (χ4n) is 3.91. The number of aromatic nitrogens is 1. The van der Waals surface area contributed by atoms with E-state index >= 15 is 0 Å². The van der Waals surface area contributed by atoms with Crippen molar-refractivity contribution in [3.8, 4) is 0 Å². The lowest BCUT2D eigenvalue weighted by Crippen LogP contribution is -2.04. The molecule has 3 aromatic carbocycles. The van der Waals surface area contributed by atoms with Gasteiger partial charge in [0.05, 0.1) is 11.2 Å². The molecule has 4 heteroatoms. The molecular weight excluding hydrogens is 380 g/mol. The molecule has 4 aromatic rings. The van der Waals surface area contributed by atoms with Crippen LogP contribution in [0.15, 0.2) is 66.7 Å². The van der Waals surface area contributed by atoms with Crippen molar-refractivity contribution in [2.75, 3.05) is 0 Å². The standard InChI is InChI=1S/C26H17F2NO/c27-23-14-19-10-12-20(29-25(19)15-24(23)28)11-6-16-5-7-18-9-8-17-3-1-2-4-21(17)26(30)22(18)13-16/h1-7,10-15H,8-9H2/b11-6+. The monoisotopic (exact) mass is 397 g/mol. The zero-order valence-corrected chi connectivity index (χ0v) is 16.0. The number of hydrogen-bond acceptors (Lipinski definition) is 2. The number of hydrogen-bond donors (Lipinski definition) is 0. The van der Waals surface area contributed by atoms with E-state index in [0.717, 1.165) is 52.8 Å². The molecule has 2 nitrogen and oxygen atoms in total. The van der Waals surface area contributed by atoms with Crippen LogP contribution in [-0.4, -0.2) is 10.8 Å². The highest BCUT2D eigenvalue weighted by Crippen LogP contribution is 2.26. The van der Waals surface area contributed by atoms with E-state index in [0.29, 0.717) is 16.6 Å². The van der Waals surface area contributed by atoms with Crippen LogP contribution < -0.4 is 0 Å². The van der Waals surface area contributed by atoms with Crippen molar-refractivity contribution >= 4 is 28.8 Å². The molecule has 0 N–H and O–H groups in total. The molecule has 0 saturated carbocycles. The zero-order valence-electron chi connectivity index (χ0n) is 16.0. The van der Waals surface area contributed by atoms with Gasteiger partial charge in [0, 0.05) is 22.6 Å². The summed E-state index contributed by atoms with van der Waals surface area (Å²) in [6, 6.07) is 19.4. The molecule has 0 bridgehead atoms. The molecule has 30 heavy (non-hydrogen) atoms. The van der Waals surface area contributed by atoms with Gasteiger partial charge in [-0.2, -0.15) is 0 Å². The minimum Gasteiger partial charge on any atom is -0.289 e. The van der Waals surface area contributed by atoms with E-state index in [2.05, 4.69) is 4.98 Å². The largest absolute Gasteiger partial charge is 0.289 e. The molecule has 0 radical (unpaired) electrons. The smallest absolute Gasteiger partial charge is 0.193 e. The van der Waals surface area contributed by atoms with E-state index in [9.17, 15) is 13.6 Å². The SMILES string of the molecule is O=C1c2ccccc2CCc2ccc(/C=C/c3ccc4cc(F)c(F)cc4n3)cc21. The van der Waals surface area contributed by atoms with Gasteiger partial charge in [0.2, 0.25) is 0 Å². The van der Waals surface area contributed by atoms with Crippen LogP contribution in [0.5, 0.6) is 0 Å². The van der Waals surface area contributed by atoms with E-state index in [1.165, 1.54) is 0 Å². The van der Waals surface area contributed by atoms with Gasteiger partial charge < -0.3 is 0 Å². The number of fused-ring (bicyclic) bond motifs is 3. The van der Waals surface area contributed by atoms with Crippen LogP contribution in [0, 0.1) is 11.6 Å². The lowest BCUT2D eigenvalue weighted by molar-refractivity contribution is 0.103. The summed E-state index contributed by atoms with van der Waals surface area (Å²) in [4.78, 5) is 17.4. The molecule has 1 heterocycles. The molecular formula is C26H17F2NO. The summed E-state index contributed by atoms with van der Waals surface area (Å²) in [5.41, 5.74) is 5.53. The molecule has 0 fully saturated rings. The molecule has 1 aromatic heterocycles. The van der Waals surface area contributed by atoms with Crippen molar-refractivity contribution in [3.05, 3.63) is 112 Å². The van der Waals surface area contributed by atoms with Gasteiger partial charge in [-0.15, -0.1) is 0 Å². The Labute approximate surface area is 172 Å². The first kappa shape index (κ1) is 18.4. The molecule has 1 aliphatic rings. The van der Waals surface area contributed by atoms with Gasteiger partial charge in [-0.3, -0.25) is 4.79 Å². The highest BCUT2D eigenvalue weighted by atomic mass is 19.2. The third-order valence-corrected chi connectivity index (χ3v) is 5.50. The van der Waals surface area contributed by atoms with E-state index < -0.39 is 11.6 Å². The number of aryl methyl sites for hydroxylation is 2. The number of ketones is 1. The number of nitrogens with zero attached hydrogens (tertiary/aromatic N) is 1. The van der Waals surface area contributed by atoms with Crippen molar-refractivity contribution < 1.29 is 13.6 Å². The van der Waals surface area contributed by atoms with Gasteiger partial charge in [0.15, 0.2) is 17.4 Å². The van der Waals surface area contributed by atoms with Crippen LogP contribution in [0.25, 0.3) is 23.1 Å². The van der Waals surface area contributed by atoms with Crippen LogP contribution in [0.4, 0.5) is 8.78 Å². The van der Waals surface area contributed by atoms with Gasteiger partial charge in [-0.05, 0) is 53.8 Å². The molecule has 0 unspecified atom stereocenters. The van der Waals surface area contributed by atoms with Gasteiger partial charge in [-0.25, -0.2) is 13.8 Å². The Morgan fingerprint density at radius 2 is 1.53 bits per heavy atom. The second-order valence-electron chi connectivity index (χ2n) is 7.43. The Hall–Kier alpha value is -3.66. The highest BCUT2D eigenvalue weighted by molar-refractivity contribution is 6.11. The Bertz CT molecular complexity index is 1340. The van der Waals surface area contributed by atoms with Crippen molar-refractivity contribution in [3.63, 3.8) is 0 Å². The number of halogens is 2. The fourth-order valence-corrected chi connectivity index (χ4v) is 3.91. The van der Waals surface area contributed by atoms with Crippen molar-refractivity contribution in [2.24, 2.45) is 0 Å². The second kappa shape index (κ2) is 7.30. The summed E-state index contributed by atoms with van der Waals surface area (Å²) < 4.78 is 26.9. The van der Waals surface area contributed by atoms with Crippen LogP contribution in [0.2, 0.25) is 0 Å². The van der Waals surface area contributed by atoms with E-state index in [4.69, 9.17) is 0 Å². The van der Waals surface area contributed by atoms with Crippen LogP contribution in [-0.2, 0) is 12.8 Å². The van der Waals surface area contributed by atoms with E-state index in [-0.39, 0.29) is 5.78 Å². The van der Waals surface area contributed by atoms with Crippen LogP contribution in [0.3, 0.4) is 0 Å². The molecule has 146 valence electrons. The topological polar surface area (TPSA) is 30.0 Å². The van der Waals surface area contributed by atoms with E-state index in [1.807, 2.05) is 48.5 Å². The summed E-state index contributed by atoms with van der Waals surface area (Å²) in [6.07, 6.45) is 5.36. The van der Waals surface area contributed by atoms with Crippen LogP contribution in [0.1, 0.15) is 38.3 Å². The van der Waals surface area contributed by atoms with Gasteiger partial charge >= 0.3 is 0 Å². The van der Waals surface area contributed by atoms with Crippen molar-refractivity contribution in [1.29, 1.82) is 0 Å². The number of pyridine rings is 1. The molecule has 0 saturated heterocycles. The van der Waals surface area contributed by atoms with Gasteiger partial charge in [0.1, 0.15) is 0 Å². The molecule has 0 aliphatic heterocycles. The first-order valence-electron chi connectivity index (χ1n) is 9.78. The molecule has 0 spiro atoms. The number of carbonyl (C=O) groups is 1. The zero-order chi connectivity index (χ0) is 20.7. The first-order chi connectivity index (χ1) is 14.6. The number of carbonyl (C=O) groups excluding carboxylic acids is 1. The summed E-state index contributed by atoms with van der Waals surface area (Å²) in [5, 5.41) is 0.542. The lowest BCUT2D eigenvalue weighted by atomic mass is 9.97. The fraction of sp³-hybridized carbons (Fsp3) is 0.0769. The normalized spacial score (nSPS) is 13.3. The second-order valence-corrected chi connectivity index (χ2v) is 7.43. The summed E-state index contributed by atoms with van der Waals surface area (Å²) in [7, 11) is 0. The maximum Gasteiger partial charge on any atom is 0.193 e. The molecule has 5 rings (SSSR count). The minimum atomic E-state index is -0.916.